The normalized spacial score (nSPS) is 22.8. The fraction of sp³-hybridized carbons (Fsp3) is 0.833. The minimum atomic E-state index is -0.512. The van der Waals surface area contributed by atoms with Gasteiger partial charge in [-0.3, -0.25) is 9.59 Å². The monoisotopic (exact) mass is 257 g/mol. The van der Waals surface area contributed by atoms with Crippen molar-refractivity contribution in [3.63, 3.8) is 0 Å². The second-order valence-corrected chi connectivity index (χ2v) is 4.87. The molecule has 1 aliphatic rings. The Hall–Kier alpha value is -1.14. The van der Waals surface area contributed by atoms with Gasteiger partial charge in [0.05, 0.1) is 18.7 Å². The van der Waals surface area contributed by atoms with Crippen LogP contribution in [0.4, 0.5) is 0 Å². The molecule has 18 heavy (non-hydrogen) atoms. The van der Waals surface area contributed by atoms with Crippen LogP contribution in [-0.4, -0.2) is 62.7 Å². The lowest BCUT2D eigenvalue weighted by Crippen LogP contribution is -2.53. The molecule has 2 N–H and O–H groups in total. The first kappa shape index (κ1) is 14.9. The molecular weight excluding hydrogens is 234 g/mol. The smallest absolute Gasteiger partial charge is 0.242 e. The van der Waals surface area contributed by atoms with Crippen LogP contribution in [0, 0.1) is 0 Å². The van der Waals surface area contributed by atoms with E-state index in [0.717, 1.165) is 19.4 Å². The van der Waals surface area contributed by atoms with Gasteiger partial charge in [-0.1, -0.05) is 0 Å². The van der Waals surface area contributed by atoms with E-state index in [2.05, 4.69) is 10.6 Å². The van der Waals surface area contributed by atoms with Crippen molar-refractivity contribution < 1.29 is 14.3 Å². The van der Waals surface area contributed by atoms with E-state index in [1.54, 1.807) is 14.2 Å². The van der Waals surface area contributed by atoms with E-state index in [-0.39, 0.29) is 18.4 Å². The van der Waals surface area contributed by atoms with Crippen molar-refractivity contribution in [1.82, 2.24) is 15.5 Å². The molecule has 1 aliphatic heterocycles. The van der Waals surface area contributed by atoms with E-state index in [4.69, 9.17) is 4.74 Å². The molecule has 0 aliphatic carbocycles. The van der Waals surface area contributed by atoms with Crippen LogP contribution in [-0.2, 0) is 14.3 Å². The number of likely N-dealkylation sites (N-methyl/N-ethyl adjacent to an activating group) is 1. The van der Waals surface area contributed by atoms with Crippen LogP contribution < -0.4 is 10.6 Å². The second-order valence-electron chi connectivity index (χ2n) is 4.87. The average Bonchev–Trinajstić information content (AvgIpc) is 2.76. The van der Waals surface area contributed by atoms with Crippen LogP contribution in [0.15, 0.2) is 0 Å². The van der Waals surface area contributed by atoms with Gasteiger partial charge in [-0.2, -0.15) is 0 Å². The van der Waals surface area contributed by atoms with Gasteiger partial charge < -0.3 is 20.3 Å². The topological polar surface area (TPSA) is 70.7 Å². The van der Waals surface area contributed by atoms with Crippen molar-refractivity contribution in [2.24, 2.45) is 0 Å². The Labute approximate surface area is 108 Å². The first-order valence-corrected chi connectivity index (χ1v) is 6.26. The van der Waals surface area contributed by atoms with Crippen LogP contribution in [0.3, 0.4) is 0 Å². The second kappa shape index (κ2) is 6.70. The largest absolute Gasteiger partial charge is 0.383 e. The highest BCUT2D eigenvalue weighted by atomic mass is 16.5. The molecule has 0 aromatic rings. The van der Waals surface area contributed by atoms with Crippen LogP contribution in [0.5, 0.6) is 0 Å². The lowest BCUT2D eigenvalue weighted by atomic mass is 9.99. The summed E-state index contributed by atoms with van der Waals surface area (Å²) in [6.07, 6.45) is 1.82. The molecule has 1 fully saturated rings. The van der Waals surface area contributed by atoms with Crippen molar-refractivity contribution in [3.8, 4) is 0 Å². The standard InChI is InChI=1S/C12H23N3O3/c1-12(5-4-6-14-12)11(17)15(2)9-10(16)13-7-8-18-3/h14H,4-9H2,1-3H3,(H,13,16). The summed E-state index contributed by atoms with van der Waals surface area (Å²) < 4.78 is 4.84. The number of methoxy groups -OCH3 is 1. The van der Waals surface area contributed by atoms with E-state index in [1.807, 2.05) is 6.92 Å². The average molecular weight is 257 g/mol. The van der Waals surface area contributed by atoms with Gasteiger partial charge in [0.2, 0.25) is 11.8 Å². The number of ether oxygens (including phenoxy) is 1. The molecule has 0 saturated carbocycles. The highest BCUT2D eigenvalue weighted by Crippen LogP contribution is 2.20. The Kier molecular flexibility index (Phi) is 5.55. The molecular formula is C12H23N3O3. The number of nitrogens with one attached hydrogen (secondary N) is 2. The summed E-state index contributed by atoms with van der Waals surface area (Å²) in [5.74, 6) is -0.189. The van der Waals surface area contributed by atoms with Crippen molar-refractivity contribution in [2.45, 2.75) is 25.3 Å². The summed E-state index contributed by atoms with van der Waals surface area (Å²) in [6, 6.07) is 0. The summed E-state index contributed by atoms with van der Waals surface area (Å²) in [5, 5.41) is 5.89. The van der Waals surface area contributed by atoms with Gasteiger partial charge in [0, 0.05) is 20.7 Å². The van der Waals surface area contributed by atoms with Gasteiger partial charge in [0.25, 0.3) is 0 Å². The third-order valence-electron chi connectivity index (χ3n) is 3.20. The van der Waals surface area contributed by atoms with Crippen molar-refractivity contribution >= 4 is 11.8 Å². The molecule has 2 amide bonds. The Bertz CT molecular complexity index is 301. The molecule has 104 valence electrons. The fourth-order valence-corrected chi connectivity index (χ4v) is 2.13. The summed E-state index contributed by atoms with van der Waals surface area (Å²) in [7, 11) is 3.23. The minimum absolute atomic E-state index is 0.0260. The molecule has 6 heteroatoms. The number of rotatable bonds is 6. The summed E-state index contributed by atoms with van der Waals surface area (Å²) in [4.78, 5) is 25.2. The highest BCUT2D eigenvalue weighted by Gasteiger charge is 2.38. The van der Waals surface area contributed by atoms with Crippen LogP contribution in [0.2, 0.25) is 0 Å². The summed E-state index contributed by atoms with van der Waals surface area (Å²) in [6.45, 7) is 3.77. The zero-order valence-corrected chi connectivity index (χ0v) is 11.4. The Balaban J connectivity index is 2.37. The zero-order chi connectivity index (χ0) is 13.6. The Morgan fingerprint density at radius 2 is 2.22 bits per heavy atom. The summed E-state index contributed by atoms with van der Waals surface area (Å²) >= 11 is 0. The van der Waals surface area contributed by atoms with E-state index in [1.165, 1.54) is 4.90 Å². The predicted molar refractivity (Wildman–Crippen MR) is 68.2 cm³/mol. The number of carbonyl (C=O) groups is 2. The fourth-order valence-electron chi connectivity index (χ4n) is 2.13. The molecule has 1 heterocycles. The molecule has 0 aromatic carbocycles. The first-order valence-electron chi connectivity index (χ1n) is 6.26. The minimum Gasteiger partial charge on any atom is -0.383 e. The van der Waals surface area contributed by atoms with E-state index < -0.39 is 5.54 Å². The maximum absolute atomic E-state index is 12.2. The van der Waals surface area contributed by atoms with Gasteiger partial charge in [0.1, 0.15) is 0 Å². The Morgan fingerprint density at radius 3 is 2.78 bits per heavy atom. The van der Waals surface area contributed by atoms with E-state index >= 15 is 0 Å². The molecule has 0 radical (unpaired) electrons. The lowest BCUT2D eigenvalue weighted by molar-refractivity contribution is -0.139. The van der Waals surface area contributed by atoms with Gasteiger partial charge in [-0.25, -0.2) is 0 Å². The van der Waals surface area contributed by atoms with Crippen molar-refractivity contribution in [1.29, 1.82) is 0 Å². The van der Waals surface area contributed by atoms with Gasteiger partial charge in [0.15, 0.2) is 0 Å². The van der Waals surface area contributed by atoms with Gasteiger partial charge >= 0.3 is 0 Å². The molecule has 1 rings (SSSR count). The Morgan fingerprint density at radius 1 is 1.50 bits per heavy atom. The molecule has 6 nitrogen and oxygen atoms in total. The van der Waals surface area contributed by atoms with Crippen molar-refractivity contribution in [3.05, 3.63) is 0 Å². The SMILES string of the molecule is COCCNC(=O)CN(C)C(=O)C1(C)CCCN1. The predicted octanol–water partition coefficient (Wildman–Crippen LogP) is -0.650. The number of hydrogen-bond acceptors (Lipinski definition) is 4. The molecule has 1 unspecified atom stereocenters. The van der Waals surface area contributed by atoms with E-state index in [9.17, 15) is 9.59 Å². The van der Waals surface area contributed by atoms with Gasteiger partial charge in [-0.15, -0.1) is 0 Å². The summed E-state index contributed by atoms with van der Waals surface area (Å²) in [5.41, 5.74) is -0.512. The van der Waals surface area contributed by atoms with Crippen molar-refractivity contribution in [2.75, 3.05) is 40.4 Å². The molecule has 0 aromatic heterocycles. The van der Waals surface area contributed by atoms with Crippen LogP contribution >= 0.6 is 0 Å². The quantitative estimate of drug-likeness (QED) is 0.620. The third kappa shape index (κ3) is 3.96. The molecule has 1 atom stereocenters. The number of nitrogens with zero attached hydrogens (tertiary/aromatic N) is 1. The van der Waals surface area contributed by atoms with Gasteiger partial charge in [-0.05, 0) is 26.3 Å². The lowest BCUT2D eigenvalue weighted by Gasteiger charge is -2.28. The van der Waals surface area contributed by atoms with Crippen LogP contribution in [0.25, 0.3) is 0 Å². The van der Waals surface area contributed by atoms with Crippen LogP contribution in [0.1, 0.15) is 19.8 Å². The van der Waals surface area contributed by atoms with E-state index in [0.29, 0.717) is 13.2 Å². The number of hydrogen-bond donors (Lipinski definition) is 2. The maximum Gasteiger partial charge on any atom is 0.242 e. The molecule has 1 saturated heterocycles. The highest BCUT2D eigenvalue weighted by molar-refractivity contribution is 5.90. The number of amides is 2. The maximum atomic E-state index is 12.2. The third-order valence-corrected chi connectivity index (χ3v) is 3.20. The first-order chi connectivity index (χ1) is 8.49. The number of carbonyl (C=O) groups excluding carboxylic acids is 2. The molecule has 0 spiro atoms. The zero-order valence-electron chi connectivity index (χ0n) is 11.4. The molecule has 0 bridgehead atoms.